The lowest BCUT2D eigenvalue weighted by Crippen LogP contribution is -2.61. The Balaban J connectivity index is 1.21. The Kier molecular flexibility index (Phi) is 39.5. The number of nitrogens with two attached hydrogens (primary N) is 3. The number of nitrogens with one attached hydrogen (secondary N) is 12. The molecule has 0 saturated carbocycles. The second-order valence-corrected chi connectivity index (χ2v) is 34.5. The number of aromatic hydroxyl groups is 1. The van der Waals surface area contributed by atoms with Gasteiger partial charge in [-0.15, -0.1) is 11.8 Å². The molecule has 0 aliphatic carbocycles. The number of likely N-dealkylation sites (N-methyl/N-ethyl adjacent to an activating group) is 3. The van der Waals surface area contributed by atoms with E-state index in [0.29, 0.717) is 63.1 Å². The molecule has 3 aromatic carbocycles. The average molecular weight is 1890 g/mol. The Labute approximate surface area is 774 Å². The standard InChI is InChI=1S/C88H120N20O25S/c1-7-9-20-65-81(126)97-57(29-32-73(116)117)78(123)103-64(76(121)94-42-70(91)112)44-134-45-71(113)95-60(34-47-23-25-50(109)26-24-47)84(129)104(4)46(3)75(120)100-62(38-74(118)119)87(132)107-33-15-22-66(107)82(127)102-63(39-89)80(125)98-58(27-30-69(90)111)86(131)108-43-51(110)37-68(108)83(128)99-59(35-48-40-92-54-18-13-11-16-52(48)54)79(124)96-56(28-31-72(114)115)77(122)101-61(36-49-41-93-55-19-14-12-17-53(49)55)85(130)106(6)67(21-10-8-2)88(133)105(65)5/h11-14,16-19,23-26,40-41,46,51,56-68,92-93,109-110H,7-10,15,20-22,27-39,42-45,89H2,1-6H3,(H2,90,111)(H2,91,112)(H,94,121)(H,95,113)(H,96,124)(H,97,126)(H,98,125)(H,99,128)(H,100,120)(H,101,122)(H,102,127)(H,103,123)(H,114,115)(H,116,117)(H,118,119)/t46-,51+,56-,57-,58-,59-,60-,61-,62-,63-,64-,65-,66-,67-,68-/m0/s1. The molecule has 5 heterocycles. The van der Waals surface area contributed by atoms with Gasteiger partial charge in [0.15, 0.2) is 0 Å². The van der Waals surface area contributed by atoms with Crippen molar-refractivity contribution < 1.29 is 121 Å². The second-order valence-electron chi connectivity index (χ2n) is 33.4. The van der Waals surface area contributed by atoms with E-state index in [0.717, 1.165) is 31.5 Å². The molecular weight excluding hydrogens is 1770 g/mol. The molecule has 3 aliphatic rings. The number of carbonyl (C=O) groups excluding carboxylic acids is 17. The lowest BCUT2D eigenvalue weighted by atomic mass is 9.99. The first-order valence-electron chi connectivity index (χ1n) is 44.1. The number of rotatable bonds is 27. The van der Waals surface area contributed by atoms with Crippen LogP contribution in [0.25, 0.3) is 21.8 Å². The smallest absolute Gasteiger partial charge is 0.305 e. The van der Waals surface area contributed by atoms with Crippen LogP contribution < -0.4 is 70.4 Å². The number of hydrogen-bond acceptors (Lipinski definition) is 24. The van der Waals surface area contributed by atoms with E-state index in [9.17, 15) is 87.9 Å². The lowest BCUT2D eigenvalue weighted by molar-refractivity contribution is -0.149. The number of aliphatic carboxylic acids is 3. The molecule has 15 atom stereocenters. The summed E-state index contributed by atoms with van der Waals surface area (Å²) in [5, 5.41) is 78.1. The number of phenols is 1. The van der Waals surface area contributed by atoms with Crippen molar-refractivity contribution in [1.29, 1.82) is 0 Å². The zero-order chi connectivity index (χ0) is 98.5. The average Bonchev–Trinajstić information content (AvgIpc) is 1.55. The van der Waals surface area contributed by atoms with E-state index < -0.39 is 298 Å². The van der Waals surface area contributed by atoms with Gasteiger partial charge in [0, 0.05) is 126 Å². The number of nitrogens with zero attached hydrogens (tertiary/aromatic N) is 5. The number of carboxylic acids is 3. The van der Waals surface area contributed by atoms with E-state index in [-0.39, 0.29) is 63.7 Å². The molecule has 3 fully saturated rings. The van der Waals surface area contributed by atoms with Crippen LogP contribution in [0.1, 0.15) is 140 Å². The number of primary amides is 2. The number of carboxylic acid groups (broad SMARTS) is 3. The zero-order valence-corrected chi connectivity index (χ0v) is 76.0. The van der Waals surface area contributed by atoms with Crippen LogP contribution in [0, 0.1) is 0 Å². The van der Waals surface area contributed by atoms with Crippen LogP contribution in [0.4, 0.5) is 0 Å². The zero-order valence-electron chi connectivity index (χ0n) is 75.2. The van der Waals surface area contributed by atoms with Gasteiger partial charge in [-0.3, -0.25) is 95.9 Å². The van der Waals surface area contributed by atoms with Crippen LogP contribution in [0.5, 0.6) is 5.75 Å². The number of amides is 17. The maximum Gasteiger partial charge on any atom is 0.305 e. The minimum absolute atomic E-state index is 0.0892. The Morgan fingerprint density at radius 3 is 1.54 bits per heavy atom. The van der Waals surface area contributed by atoms with Crippen molar-refractivity contribution in [2.75, 3.05) is 58.8 Å². The molecule has 45 nitrogen and oxygen atoms in total. The van der Waals surface area contributed by atoms with Crippen LogP contribution in [0.3, 0.4) is 0 Å². The third-order valence-electron chi connectivity index (χ3n) is 23.6. The SMILES string of the molecule is CCCC[C@H]1C(=O)N(C)[C@@H](CCCC)C(=O)N[C@@H](CCC(=O)O)C(=O)N[C@H](C(=O)NCC(N)=O)CSCC(=O)N[C@@H](Cc2ccc(O)cc2)C(=O)N(C)[C@@H](C)C(=O)N[C@@H](CC(=O)O)C(=O)N2CCC[C@H]2C(=O)N[C@@H](CN)C(=O)N[C@@H](CCC(N)=O)C(=O)N2C[C@H](O)C[C@H]2C(=O)N[C@@H](Cc2c[nH]c3ccccc23)C(=O)N[C@@H](CCC(=O)O)C(=O)N[C@@H](Cc2c[nH]c3ccccc23)C(=O)N1C. The minimum atomic E-state index is -1.96. The van der Waals surface area contributed by atoms with Crippen molar-refractivity contribution >= 4 is 152 Å². The summed E-state index contributed by atoms with van der Waals surface area (Å²) in [7, 11) is 3.67. The number of unbranched alkanes of at least 4 members (excludes halogenated alkanes) is 2. The molecule has 0 bridgehead atoms. The maximum atomic E-state index is 15.8. The Bertz CT molecular complexity index is 5130. The number of aliphatic hydroxyl groups excluding tert-OH is 1. The number of aromatic amines is 2. The Morgan fingerprint density at radius 1 is 0.485 bits per heavy atom. The van der Waals surface area contributed by atoms with E-state index in [4.69, 9.17) is 17.2 Å². The van der Waals surface area contributed by atoms with Gasteiger partial charge in [0.2, 0.25) is 100 Å². The number of hydrogen-bond donors (Lipinski definition) is 20. The third-order valence-corrected chi connectivity index (χ3v) is 24.7. The van der Waals surface area contributed by atoms with Crippen LogP contribution in [0.2, 0.25) is 0 Å². The summed E-state index contributed by atoms with van der Waals surface area (Å²) < 4.78 is 0. The van der Waals surface area contributed by atoms with Crippen molar-refractivity contribution in [3.05, 3.63) is 102 Å². The van der Waals surface area contributed by atoms with Crippen molar-refractivity contribution in [2.45, 2.75) is 233 Å². The molecule has 23 N–H and O–H groups in total. The quantitative estimate of drug-likeness (QED) is 0.0241. The molecule has 134 heavy (non-hydrogen) atoms. The molecule has 0 radical (unpaired) electrons. The Morgan fingerprint density at radius 2 is 0.970 bits per heavy atom. The third kappa shape index (κ3) is 29.6. The fourth-order valence-electron chi connectivity index (χ4n) is 16.1. The predicted octanol–water partition coefficient (Wildman–Crippen LogP) is -3.64. The summed E-state index contributed by atoms with van der Waals surface area (Å²) in [5.41, 5.74) is 19.4. The molecule has 3 aliphatic heterocycles. The van der Waals surface area contributed by atoms with Crippen molar-refractivity contribution in [1.82, 2.24) is 87.6 Å². The van der Waals surface area contributed by atoms with Crippen LogP contribution in [0.15, 0.2) is 85.2 Å². The number of phenolic OH excluding ortho intramolecular Hbond substituents is 1. The maximum absolute atomic E-state index is 15.8. The normalized spacial score (nSPS) is 24.8. The summed E-state index contributed by atoms with van der Waals surface area (Å²) in [6, 6.07) is -4.77. The molecule has 0 unspecified atom stereocenters. The van der Waals surface area contributed by atoms with Gasteiger partial charge in [0.05, 0.1) is 24.8 Å². The van der Waals surface area contributed by atoms with Gasteiger partial charge >= 0.3 is 17.9 Å². The molecule has 17 amide bonds. The fourth-order valence-corrected chi connectivity index (χ4v) is 17.0. The number of H-pyrrole nitrogens is 2. The van der Waals surface area contributed by atoms with E-state index >= 15 is 33.6 Å². The number of carbonyl (C=O) groups is 20. The number of aliphatic hydroxyl groups is 1. The van der Waals surface area contributed by atoms with E-state index in [1.807, 2.05) is 0 Å². The Hall–Kier alpha value is -13.8. The van der Waals surface area contributed by atoms with Gasteiger partial charge < -0.3 is 130 Å². The largest absolute Gasteiger partial charge is 0.508 e. The topological polar surface area (TPSA) is 689 Å². The van der Waals surface area contributed by atoms with Crippen LogP contribution >= 0.6 is 11.8 Å². The predicted molar refractivity (Wildman–Crippen MR) is 481 cm³/mol. The highest BCUT2D eigenvalue weighted by Gasteiger charge is 2.47. The van der Waals surface area contributed by atoms with Crippen LogP contribution in [-0.2, 0) is 115 Å². The fraction of sp³-hybridized carbons (Fsp3) is 0.523. The first-order chi connectivity index (χ1) is 63.6. The van der Waals surface area contributed by atoms with E-state index in [2.05, 4.69) is 63.1 Å². The van der Waals surface area contributed by atoms with Gasteiger partial charge in [-0.25, -0.2) is 0 Å². The highest BCUT2D eigenvalue weighted by atomic mass is 32.2. The molecular formula is C88H120N20O25S. The lowest BCUT2D eigenvalue weighted by Gasteiger charge is -2.36. The molecule has 728 valence electrons. The summed E-state index contributed by atoms with van der Waals surface area (Å²) in [5.74, 6) is -23.8. The first-order valence-corrected chi connectivity index (χ1v) is 45.3. The number of benzene rings is 3. The van der Waals surface area contributed by atoms with Gasteiger partial charge in [0.1, 0.15) is 90.3 Å². The van der Waals surface area contributed by atoms with Gasteiger partial charge in [-0.05, 0) is 92.8 Å². The molecule has 3 saturated heterocycles. The van der Waals surface area contributed by atoms with E-state index in [1.54, 1.807) is 68.6 Å². The van der Waals surface area contributed by atoms with Crippen molar-refractivity contribution in [2.24, 2.45) is 17.2 Å². The summed E-state index contributed by atoms with van der Waals surface area (Å²) in [4.78, 5) is 296. The van der Waals surface area contributed by atoms with Crippen molar-refractivity contribution in [3.63, 3.8) is 0 Å². The molecule has 2 aromatic heterocycles. The molecule has 0 spiro atoms. The number of para-hydroxylation sites is 2. The van der Waals surface area contributed by atoms with Gasteiger partial charge in [0.25, 0.3) is 0 Å². The van der Waals surface area contributed by atoms with Gasteiger partial charge in [-0.2, -0.15) is 0 Å². The molecule has 8 rings (SSSR count). The first kappa shape index (κ1) is 106. The van der Waals surface area contributed by atoms with Crippen LogP contribution in [-0.4, -0.2) is 328 Å². The monoisotopic (exact) mass is 1890 g/mol. The molecule has 5 aromatic rings. The minimum Gasteiger partial charge on any atom is -0.508 e. The van der Waals surface area contributed by atoms with Crippen molar-refractivity contribution in [3.8, 4) is 5.75 Å². The highest BCUT2D eigenvalue weighted by molar-refractivity contribution is 8.00. The number of fused-ring (bicyclic) bond motifs is 4. The number of aromatic nitrogens is 2. The summed E-state index contributed by atoms with van der Waals surface area (Å²) in [6.45, 7) is 2.42. The number of thioether (sulfide) groups is 1. The summed E-state index contributed by atoms with van der Waals surface area (Å²) in [6.07, 6.45) is -4.07. The highest BCUT2D eigenvalue weighted by Crippen LogP contribution is 2.28. The molecule has 46 heteroatoms. The van der Waals surface area contributed by atoms with E-state index in [1.165, 1.54) is 51.5 Å². The summed E-state index contributed by atoms with van der Waals surface area (Å²) >= 11 is 0.676. The van der Waals surface area contributed by atoms with Gasteiger partial charge in [-0.1, -0.05) is 88.1 Å². The second kappa shape index (κ2) is 50.2.